The number of rotatable bonds is 5. The number of nitrogens with one attached hydrogen (secondary N) is 1. The molecule has 0 fully saturated rings. The maximum atomic E-state index is 13.1. The Morgan fingerprint density at radius 2 is 1.85 bits per heavy atom. The molecule has 134 valence electrons. The molecule has 0 radical (unpaired) electrons. The molecule has 0 atom stereocenters. The highest BCUT2D eigenvalue weighted by atomic mass is 35.5. The molecule has 10 heteroatoms. The highest BCUT2D eigenvalue weighted by Crippen LogP contribution is 2.33. The van der Waals surface area contributed by atoms with E-state index in [0.29, 0.717) is 25.3 Å². The number of hydrogen-bond acceptors (Lipinski definition) is 5. The van der Waals surface area contributed by atoms with Gasteiger partial charge in [-0.1, -0.05) is 64.0 Å². The van der Waals surface area contributed by atoms with Crippen molar-refractivity contribution in [1.29, 1.82) is 0 Å². The van der Waals surface area contributed by atoms with Crippen molar-refractivity contribution in [2.75, 3.05) is 5.32 Å². The number of nitrogens with zero attached hydrogens (tertiary/aromatic N) is 2. The van der Waals surface area contributed by atoms with Crippen LogP contribution in [0.1, 0.15) is 15.9 Å². The number of thioether (sulfide) groups is 1. The van der Waals surface area contributed by atoms with Gasteiger partial charge in [0.05, 0.1) is 10.6 Å². The van der Waals surface area contributed by atoms with Crippen LogP contribution in [0.15, 0.2) is 40.7 Å². The molecule has 0 saturated heterocycles. The zero-order chi connectivity index (χ0) is 18.7. The molecule has 0 aliphatic heterocycles. The normalized spacial score (nSPS) is 10.8. The van der Waals surface area contributed by atoms with Gasteiger partial charge in [0.1, 0.15) is 5.82 Å². The Labute approximate surface area is 171 Å². The lowest BCUT2D eigenvalue weighted by molar-refractivity contribution is 0.102. The molecule has 4 nitrogen and oxygen atoms in total. The molecule has 0 aliphatic carbocycles. The van der Waals surface area contributed by atoms with Crippen LogP contribution in [0.3, 0.4) is 0 Å². The minimum atomic E-state index is -0.514. The number of amides is 1. The van der Waals surface area contributed by atoms with Crippen LogP contribution >= 0.6 is 57.9 Å². The lowest BCUT2D eigenvalue weighted by Crippen LogP contribution is -2.12. The summed E-state index contributed by atoms with van der Waals surface area (Å²) in [5.74, 6) is -0.485. The van der Waals surface area contributed by atoms with Crippen molar-refractivity contribution in [1.82, 2.24) is 10.2 Å². The second kappa shape index (κ2) is 8.54. The molecule has 0 saturated carbocycles. The lowest BCUT2D eigenvalue weighted by Gasteiger charge is -2.04. The first-order valence-electron chi connectivity index (χ1n) is 7.09. The first kappa shape index (κ1) is 19.4. The number of carbonyl (C=O) groups excluding carboxylic acids is 1. The summed E-state index contributed by atoms with van der Waals surface area (Å²) in [6.45, 7) is 0. The highest BCUT2D eigenvalue weighted by Gasteiger charge is 2.15. The summed E-state index contributed by atoms with van der Waals surface area (Å²) < 4.78 is 13.7. The number of hydrogen-bond donors (Lipinski definition) is 1. The Bertz CT molecular complexity index is 947. The summed E-state index contributed by atoms with van der Waals surface area (Å²) >= 11 is 20.8. The molecule has 0 bridgehead atoms. The third-order valence-electron chi connectivity index (χ3n) is 3.20. The van der Waals surface area contributed by atoms with Crippen LogP contribution in [0.25, 0.3) is 0 Å². The van der Waals surface area contributed by atoms with Gasteiger partial charge in [0.2, 0.25) is 5.13 Å². The van der Waals surface area contributed by atoms with Crippen molar-refractivity contribution in [3.8, 4) is 0 Å². The van der Waals surface area contributed by atoms with Gasteiger partial charge in [-0.2, -0.15) is 0 Å². The van der Waals surface area contributed by atoms with Gasteiger partial charge in [-0.15, -0.1) is 10.2 Å². The molecule has 0 aliphatic rings. The van der Waals surface area contributed by atoms with Gasteiger partial charge in [-0.25, -0.2) is 4.39 Å². The highest BCUT2D eigenvalue weighted by molar-refractivity contribution is 8.00. The van der Waals surface area contributed by atoms with Gasteiger partial charge < -0.3 is 0 Å². The Morgan fingerprint density at radius 3 is 2.54 bits per heavy atom. The van der Waals surface area contributed by atoms with Gasteiger partial charge in [0.25, 0.3) is 5.91 Å². The summed E-state index contributed by atoms with van der Waals surface area (Å²) in [4.78, 5) is 12.2. The second-order valence-electron chi connectivity index (χ2n) is 4.94. The van der Waals surface area contributed by atoms with E-state index >= 15 is 0 Å². The quantitative estimate of drug-likeness (QED) is 0.374. The first-order chi connectivity index (χ1) is 12.4. The van der Waals surface area contributed by atoms with Crippen LogP contribution in [-0.2, 0) is 5.75 Å². The first-order valence-corrected chi connectivity index (χ1v) is 10.0. The minimum absolute atomic E-state index is 0.0231. The van der Waals surface area contributed by atoms with Gasteiger partial charge in [0.15, 0.2) is 4.34 Å². The van der Waals surface area contributed by atoms with Crippen molar-refractivity contribution in [3.63, 3.8) is 0 Å². The Balaban J connectivity index is 1.65. The topological polar surface area (TPSA) is 54.9 Å². The van der Waals surface area contributed by atoms with E-state index in [1.165, 1.54) is 29.2 Å². The van der Waals surface area contributed by atoms with Gasteiger partial charge in [-0.3, -0.25) is 10.1 Å². The fourth-order valence-electron chi connectivity index (χ4n) is 1.96. The smallest absolute Gasteiger partial charge is 0.259 e. The number of benzene rings is 2. The van der Waals surface area contributed by atoms with Gasteiger partial charge >= 0.3 is 0 Å². The van der Waals surface area contributed by atoms with Crippen LogP contribution in [-0.4, -0.2) is 16.1 Å². The summed E-state index contributed by atoms with van der Waals surface area (Å²) in [6, 6.07) is 8.85. The molecule has 0 unspecified atom stereocenters. The Kier molecular flexibility index (Phi) is 6.37. The van der Waals surface area contributed by atoms with Crippen molar-refractivity contribution >= 4 is 68.9 Å². The molecule has 1 aromatic heterocycles. The zero-order valence-corrected chi connectivity index (χ0v) is 16.7. The van der Waals surface area contributed by atoms with E-state index in [1.54, 1.807) is 18.2 Å². The summed E-state index contributed by atoms with van der Waals surface area (Å²) in [5.41, 5.74) is 0.958. The number of halogens is 4. The van der Waals surface area contributed by atoms with Crippen LogP contribution in [0.5, 0.6) is 0 Å². The molecule has 26 heavy (non-hydrogen) atoms. The van der Waals surface area contributed by atoms with E-state index in [1.807, 2.05) is 0 Å². The molecular formula is C16H9Cl3FN3OS2. The molecule has 1 amide bonds. The van der Waals surface area contributed by atoms with Crippen molar-refractivity contribution in [3.05, 3.63) is 68.4 Å². The lowest BCUT2D eigenvalue weighted by atomic mass is 10.2. The van der Waals surface area contributed by atoms with E-state index in [2.05, 4.69) is 15.5 Å². The number of carbonyl (C=O) groups is 1. The zero-order valence-electron chi connectivity index (χ0n) is 12.8. The van der Waals surface area contributed by atoms with Crippen LogP contribution in [0, 0.1) is 5.82 Å². The van der Waals surface area contributed by atoms with Gasteiger partial charge in [0, 0.05) is 15.8 Å². The molecule has 0 spiro atoms. The molecular weight excluding hydrogens is 440 g/mol. The average Bonchev–Trinajstić information content (AvgIpc) is 3.01. The third kappa shape index (κ3) is 4.66. The van der Waals surface area contributed by atoms with E-state index in [9.17, 15) is 9.18 Å². The fourth-order valence-corrected chi connectivity index (χ4v) is 4.70. The summed E-state index contributed by atoms with van der Waals surface area (Å²) in [7, 11) is 0. The molecule has 3 aromatic rings. The summed E-state index contributed by atoms with van der Waals surface area (Å²) in [5, 5.41) is 12.0. The number of aromatic nitrogens is 2. The van der Waals surface area contributed by atoms with Crippen LogP contribution < -0.4 is 5.32 Å². The molecule has 1 N–H and O–H groups in total. The van der Waals surface area contributed by atoms with Crippen LogP contribution in [0.2, 0.25) is 15.1 Å². The maximum Gasteiger partial charge on any atom is 0.259 e. The predicted molar refractivity (Wildman–Crippen MR) is 105 cm³/mol. The van der Waals surface area contributed by atoms with Crippen molar-refractivity contribution in [2.24, 2.45) is 0 Å². The molecule has 3 rings (SSSR count). The Hall–Kier alpha value is -1.38. The maximum absolute atomic E-state index is 13.1. The number of anilines is 1. The standard InChI is InChI=1S/C16H9Cl3FN3OS2/c17-11-2-1-3-12(18)10(11)7-25-16-23-22-15(26-16)21-14(24)9-5-4-8(20)6-13(9)19/h1-6H,7H2,(H,21,22,24). The van der Waals surface area contributed by atoms with E-state index in [0.717, 1.165) is 17.7 Å². The minimum Gasteiger partial charge on any atom is -0.296 e. The summed E-state index contributed by atoms with van der Waals surface area (Å²) in [6.07, 6.45) is 0. The predicted octanol–water partition coefficient (Wildman–Crippen LogP) is 6.18. The van der Waals surface area contributed by atoms with E-state index < -0.39 is 11.7 Å². The monoisotopic (exact) mass is 447 g/mol. The molecule has 2 aromatic carbocycles. The fraction of sp³-hybridized carbons (Fsp3) is 0.0625. The SMILES string of the molecule is O=C(Nc1nnc(SCc2c(Cl)cccc2Cl)s1)c1ccc(F)cc1Cl. The molecule has 1 heterocycles. The van der Waals surface area contributed by atoms with Gasteiger partial charge in [-0.05, 0) is 35.9 Å². The van der Waals surface area contributed by atoms with E-state index in [-0.39, 0.29) is 10.6 Å². The average molecular weight is 449 g/mol. The van der Waals surface area contributed by atoms with Crippen molar-refractivity contribution < 1.29 is 9.18 Å². The third-order valence-corrected chi connectivity index (χ3v) is 6.22. The Morgan fingerprint density at radius 1 is 1.12 bits per heavy atom. The van der Waals surface area contributed by atoms with Crippen LogP contribution in [0.4, 0.5) is 9.52 Å². The van der Waals surface area contributed by atoms with E-state index in [4.69, 9.17) is 34.8 Å². The second-order valence-corrected chi connectivity index (χ2v) is 8.36. The van der Waals surface area contributed by atoms with Crippen molar-refractivity contribution in [2.45, 2.75) is 10.1 Å². The largest absolute Gasteiger partial charge is 0.296 e.